The number of carbonyl (C=O) groups is 1. The summed E-state index contributed by atoms with van der Waals surface area (Å²) in [7, 11) is 0. The van der Waals surface area contributed by atoms with Gasteiger partial charge < -0.3 is 11.1 Å². The number of alkyl halides is 3. The molecule has 1 aromatic heterocycles. The molecular formula is C14H12ClF3N4O. The highest BCUT2D eigenvalue weighted by molar-refractivity contribution is 6.31. The summed E-state index contributed by atoms with van der Waals surface area (Å²) in [6, 6.07) is 3.51. The summed E-state index contributed by atoms with van der Waals surface area (Å²) in [5, 5.41) is 6.80. The highest BCUT2D eigenvalue weighted by Crippen LogP contribution is 2.36. The standard InChI is InChI=1S/C14H12ClF3N4O/c15-10-2-1-7(5-9(10)14(16,17)18)22-11-3-4-20-6-8(11)12(21-22)13(19)23/h1-2,5,20H,3-4,6H2,(H2,19,23). The maximum atomic E-state index is 13.0. The molecule has 1 aliphatic rings. The van der Waals surface area contributed by atoms with Gasteiger partial charge in [0.25, 0.3) is 5.91 Å². The van der Waals surface area contributed by atoms with Crippen LogP contribution in [0.25, 0.3) is 5.69 Å². The van der Waals surface area contributed by atoms with Crippen LogP contribution < -0.4 is 11.1 Å². The first-order valence-corrected chi connectivity index (χ1v) is 7.15. The van der Waals surface area contributed by atoms with Gasteiger partial charge in [0, 0.05) is 25.1 Å². The quantitative estimate of drug-likeness (QED) is 0.878. The summed E-state index contributed by atoms with van der Waals surface area (Å²) >= 11 is 5.63. The Labute approximate surface area is 134 Å². The Balaban J connectivity index is 2.18. The maximum Gasteiger partial charge on any atom is 0.417 e. The Kier molecular flexibility index (Phi) is 3.81. The maximum absolute atomic E-state index is 13.0. The molecule has 0 bridgehead atoms. The number of hydrogen-bond acceptors (Lipinski definition) is 3. The van der Waals surface area contributed by atoms with Crippen molar-refractivity contribution in [3.8, 4) is 5.69 Å². The van der Waals surface area contributed by atoms with Gasteiger partial charge in [-0.1, -0.05) is 11.6 Å². The van der Waals surface area contributed by atoms with Crippen LogP contribution in [-0.2, 0) is 19.1 Å². The summed E-state index contributed by atoms with van der Waals surface area (Å²) in [5.74, 6) is -0.714. The molecule has 0 fully saturated rings. The molecule has 0 saturated heterocycles. The molecule has 5 nitrogen and oxygen atoms in total. The second-order valence-electron chi connectivity index (χ2n) is 5.14. The van der Waals surface area contributed by atoms with Crippen molar-refractivity contribution in [3.63, 3.8) is 0 Å². The van der Waals surface area contributed by atoms with Crippen LogP contribution in [0.2, 0.25) is 5.02 Å². The summed E-state index contributed by atoms with van der Waals surface area (Å²) in [4.78, 5) is 11.5. The Morgan fingerprint density at radius 2 is 2.13 bits per heavy atom. The van der Waals surface area contributed by atoms with E-state index in [1.165, 1.54) is 16.8 Å². The van der Waals surface area contributed by atoms with Crippen LogP contribution >= 0.6 is 11.6 Å². The van der Waals surface area contributed by atoms with Crippen LogP contribution in [0.3, 0.4) is 0 Å². The van der Waals surface area contributed by atoms with Crippen molar-refractivity contribution in [2.45, 2.75) is 19.1 Å². The molecule has 0 spiro atoms. The van der Waals surface area contributed by atoms with Crippen molar-refractivity contribution in [3.05, 3.63) is 45.7 Å². The van der Waals surface area contributed by atoms with Crippen LogP contribution in [0.1, 0.15) is 27.3 Å². The molecule has 0 radical (unpaired) electrons. The normalized spacial score (nSPS) is 14.6. The summed E-state index contributed by atoms with van der Waals surface area (Å²) in [5.41, 5.74) is 5.90. The Hall–Kier alpha value is -2.06. The number of rotatable bonds is 2. The summed E-state index contributed by atoms with van der Waals surface area (Å²) < 4.78 is 40.4. The first-order valence-electron chi connectivity index (χ1n) is 6.77. The van der Waals surface area contributed by atoms with Crippen LogP contribution in [0.15, 0.2) is 18.2 Å². The molecule has 3 rings (SSSR count). The van der Waals surface area contributed by atoms with Gasteiger partial charge in [-0.15, -0.1) is 0 Å². The third-order valence-electron chi connectivity index (χ3n) is 3.66. The molecule has 0 unspecified atom stereocenters. The number of primary amides is 1. The van der Waals surface area contributed by atoms with Crippen molar-refractivity contribution < 1.29 is 18.0 Å². The van der Waals surface area contributed by atoms with E-state index in [0.29, 0.717) is 30.8 Å². The average Bonchev–Trinajstić information content (AvgIpc) is 2.86. The SMILES string of the molecule is NC(=O)c1nn(-c2ccc(Cl)c(C(F)(F)F)c2)c2c1CNCC2. The molecule has 1 aliphatic heterocycles. The Morgan fingerprint density at radius 3 is 2.78 bits per heavy atom. The van der Waals surface area contributed by atoms with E-state index in [1.807, 2.05) is 0 Å². The van der Waals surface area contributed by atoms with Crippen LogP contribution in [-0.4, -0.2) is 22.2 Å². The van der Waals surface area contributed by atoms with Gasteiger partial charge in [-0.2, -0.15) is 18.3 Å². The molecule has 2 aromatic rings. The fourth-order valence-electron chi connectivity index (χ4n) is 2.62. The molecule has 3 N–H and O–H groups in total. The molecule has 1 amide bonds. The highest BCUT2D eigenvalue weighted by atomic mass is 35.5. The first-order chi connectivity index (χ1) is 10.8. The smallest absolute Gasteiger partial charge is 0.364 e. The van der Waals surface area contributed by atoms with Gasteiger partial charge in [-0.05, 0) is 18.2 Å². The van der Waals surface area contributed by atoms with Gasteiger partial charge in [0.1, 0.15) is 0 Å². The molecule has 0 saturated carbocycles. The predicted octanol–water partition coefficient (Wildman–Crippen LogP) is 2.29. The van der Waals surface area contributed by atoms with E-state index in [0.717, 1.165) is 6.07 Å². The number of halogens is 4. The number of hydrogen-bond donors (Lipinski definition) is 2. The molecule has 122 valence electrons. The van der Waals surface area contributed by atoms with Crippen molar-refractivity contribution in [2.24, 2.45) is 5.73 Å². The van der Waals surface area contributed by atoms with E-state index >= 15 is 0 Å². The molecular weight excluding hydrogens is 333 g/mol. The predicted molar refractivity (Wildman–Crippen MR) is 77.5 cm³/mol. The van der Waals surface area contributed by atoms with Crippen molar-refractivity contribution in [1.29, 1.82) is 0 Å². The van der Waals surface area contributed by atoms with Crippen LogP contribution in [0.4, 0.5) is 13.2 Å². The molecule has 9 heteroatoms. The third-order valence-corrected chi connectivity index (χ3v) is 3.99. The number of fused-ring (bicyclic) bond motifs is 1. The summed E-state index contributed by atoms with van der Waals surface area (Å²) in [6.07, 6.45) is -4.05. The van der Waals surface area contributed by atoms with E-state index in [9.17, 15) is 18.0 Å². The molecule has 1 aromatic carbocycles. The van der Waals surface area contributed by atoms with E-state index in [1.54, 1.807) is 0 Å². The molecule has 2 heterocycles. The topological polar surface area (TPSA) is 72.9 Å². The van der Waals surface area contributed by atoms with E-state index in [2.05, 4.69) is 10.4 Å². The van der Waals surface area contributed by atoms with Gasteiger partial charge in [0.05, 0.1) is 22.0 Å². The average molecular weight is 345 g/mol. The van der Waals surface area contributed by atoms with Crippen LogP contribution in [0, 0.1) is 0 Å². The largest absolute Gasteiger partial charge is 0.417 e. The van der Waals surface area contributed by atoms with E-state index in [-0.39, 0.29) is 16.4 Å². The van der Waals surface area contributed by atoms with Gasteiger partial charge in [0.15, 0.2) is 5.69 Å². The van der Waals surface area contributed by atoms with Gasteiger partial charge in [-0.25, -0.2) is 4.68 Å². The lowest BCUT2D eigenvalue weighted by atomic mass is 10.1. The lowest BCUT2D eigenvalue weighted by Crippen LogP contribution is -2.26. The number of nitrogens with one attached hydrogen (secondary N) is 1. The lowest BCUT2D eigenvalue weighted by molar-refractivity contribution is -0.137. The third kappa shape index (κ3) is 2.79. The first kappa shape index (κ1) is 15.8. The Morgan fingerprint density at radius 1 is 1.39 bits per heavy atom. The van der Waals surface area contributed by atoms with Crippen LogP contribution in [0.5, 0.6) is 0 Å². The number of amides is 1. The highest BCUT2D eigenvalue weighted by Gasteiger charge is 2.34. The zero-order chi connectivity index (χ0) is 16.8. The molecule has 0 atom stereocenters. The van der Waals surface area contributed by atoms with E-state index in [4.69, 9.17) is 17.3 Å². The minimum atomic E-state index is -4.58. The number of nitrogens with zero attached hydrogens (tertiary/aromatic N) is 2. The number of carbonyl (C=O) groups excluding carboxylic acids is 1. The fraction of sp³-hybridized carbons (Fsp3) is 0.286. The van der Waals surface area contributed by atoms with Crippen molar-refractivity contribution >= 4 is 17.5 Å². The van der Waals surface area contributed by atoms with Gasteiger partial charge >= 0.3 is 6.18 Å². The monoisotopic (exact) mass is 344 g/mol. The fourth-order valence-corrected chi connectivity index (χ4v) is 2.85. The van der Waals surface area contributed by atoms with E-state index < -0.39 is 17.6 Å². The zero-order valence-electron chi connectivity index (χ0n) is 11.7. The Bertz CT molecular complexity index is 785. The number of benzene rings is 1. The molecule has 23 heavy (non-hydrogen) atoms. The second kappa shape index (κ2) is 5.54. The van der Waals surface area contributed by atoms with Crippen molar-refractivity contribution in [2.75, 3.05) is 6.54 Å². The zero-order valence-corrected chi connectivity index (χ0v) is 12.5. The van der Waals surface area contributed by atoms with Gasteiger partial charge in [0.2, 0.25) is 0 Å². The number of nitrogens with two attached hydrogens (primary N) is 1. The van der Waals surface area contributed by atoms with Gasteiger partial charge in [-0.3, -0.25) is 4.79 Å². The minimum absolute atomic E-state index is 0.0655. The molecule has 0 aliphatic carbocycles. The van der Waals surface area contributed by atoms with Crippen molar-refractivity contribution in [1.82, 2.24) is 15.1 Å². The summed E-state index contributed by atoms with van der Waals surface area (Å²) in [6.45, 7) is 1.03. The second-order valence-corrected chi connectivity index (χ2v) is 5.55. The number of aromatic nitrogens is 2. The minimum Gasteiger partial charge on any atom is -0.364 e. The lowest BCUT2D eigenvalue weighted by Gasteiger charge is -2.16.